The Balaban J connectivity index is 1.54. The SMILES string of the molecule is CC1=Nc2ccccc2/C1=C\c1c(N)n2nc(CC(=O)N3CCCC3)sc2nc1=O. The van der Waals surface area contributed by atoms with Gasteiger partial charge in [-0.15, -0.1) is 0 Å². The van der Waals surface area contributed by atoms with Crippen LogP contribution in [0.25, 0.3) is 16.6 Å². The molecule has 152 valence electrons. The Kier molecular flexibility index (Phi) is 4.47. The molecule has 2 aliphatic rings. The number of benzene rings is 1. The maximum absolute atomic E-state index is 12.7. The molecule has 3 aromatic rings. The van der Waals surface area contributed by atoms with Gasteiger partial charge in [-0.05, 0) is 31.9 Å². The summed E-state index contributed by atoms with van der Waals surface area (Å²) in [6.07, 6.45) is 4.00. The van der Waals surface area contributed by atoms with Crippen LogP contribution in [0.15, 0.2) is 34.1 Å². The van der Waals surface area contributed by atoms with Crippen molar-refractivity contribution in [2.24, 2.45) is 4.99 Å². The molecule has 0 atom stereocenters. The van der Waals surface area contributed by atoms with E-state index in [0.29, 0.717) is 9.97 Å². The van der Waals surface area contributed by atoms with Crippen molar-refractivity contribution in [3.05, 3.63) is 50.8 Å². The number of nitrogens with two attached hydrogens (primary N) is 1. The van der Waals surface area contributed by atoms with Gasteiger partial charge in [-0.1, -0.05) is 29.5 Å². The Morgan fingerprint density at radius 3 is 2.83 bits per heavy atom. The first-order valence-corrected chi connectivity index (χ1v) is 10.7. The minimum atomic E-state index is -0.418. The summed E-state index contributed by atoms with van der Waals surface area (Å²) in [5, 5.41) is 5.06. The quantitative estimate of drug-likeness (QED) is 0.701. The fourth-order valence-corrected chi connectivity index (χ4v) is 4.78. The summed E-state index contributed by atoms with van der Waals surface area (Å²) < 4.78 is 1.46. The monoisotopic (exact) mass is 420 g/mol. The number of nitrogen functional groups attached to an aromatic ring is 1. The second-order valence-electron chi connectivity index (χ2n) is 7.44. The largest absolute Gasteiger partial charge is 0.383 e. The van der Waals surface area contributed by atoms with Crippen LogP contribution < -0.4 is 11.3 Å². The summed E-state index contributed by atoms with van der Waals surface area (Å²) in [5.74, 6) is 0.260. The number of hydrogen-bond donors (Lipinski definition) is 1. The van der Waals surface area contributed by atoms with Crippen LogP contribution in [-0.4, -0.2) is 44.2 Å². The van der Waals surface area contributed by atoms with E-state index in [-0.39, 0.29) is 23.7 Å². The summed E-state index contributed by atoms with van der Waals surface area (Å²) in [5.41, 5.74) is 9.65. The molecule has 2 aliphatic heterocycles. The number of nitrogens with zero attached hydrogens (tertiary/aromatic N) is 5. The number of anilines is 1. The number of likely N-dealkylation sites (tertiary alicyclic amines) is 1. The molecule has 1 fully saturated rings. The zero-order chi connectivity index (χ0) is 20.8. The van der Waals surface area contributed by atoms with E-state index in [4.69, 9.17) is 5.73 Å². The molecule has 30 heavy (non-hydrogen) atoms. The number of para-hydroxylation sites is 1. The standard InChI is InChI=1S/C21H20N6O2S/c1-12-14(13-6-2-3-7-16(13)23-12)10-15-19(22)27-21(24-20(15)29)30-17(25-27)11-18(28)26-8-4-5-9-26/h2-3,6-7,10H,4-5,8-9,11,22H2,1H3/b14-10-. The van der Waals surface area contributed by atoms with Crippen LogP contribution in [0, 0.1) is 0 Å². The normalized spacial score (nSPS) is 17.0. The third kappa shape index (κ3) is 3.11. The second-order valence-corrected chi connectivity index (χ2v) is 8.48. The van der Waals surface area contributed by atoms with E-state index in [1.807, 2.05) is 36.1 Å². The van der Waals surface area contributed by atoms with E-state index in [1.54, 1.807) is 6.08 Å². The maximum Gasteiger partial charge on any atom is 0.283 e. The summed E-state index contributed by atoms with van der Waals surface area (Å²) in [7, 11) is 0. The van der Waals surface area contributed by atoms with Gasteiger partial charge in [0.1, 0.15) is 10.8 Å². The predicted molar refractivity (Wildman–Crippen MR) is 118 cm³/mol. The van der Waals surface area contributed by atoms with E-state index in [9.17, 15) is 9.59 Å². The smallest absolute Gasteiger partial charge is 0.283 e. The molecule has 0 saturated carbocycles. The topological polar surface area (TPSA) is 106 Å². The molecule has 0 unspecified atom stereocenters. The number of carbonyl (C=O) groups excluding carboxylic acids is 1. The van der Waals surface area contributed by atoms with E-state index in [1.165, 1.54) is 15.9 Å². The molecule has 0 spiro atoms. The highest BCUT2D eigenvalue weighted by Gasteiger charge is 2.22. The lowest BCUT2D eigenvalue weighted by Crippen LogP contribution is -2.29. The molecular weight excluding hydrogens is 400 g/mol. The van der Waals surface area contributed by atoms with Gasteiger partial charge in [-0.25, -0.2) is 0 Å². The number of hydrogen-bond acceptors (Lipinski definition) is 7. The third-order valence-electron chi connectivity index (χ3n) is 5.46. The van der Waals surface area contributed by atoms with Gasteiger partial charge >= 0.3 is 0 Å². The minimum Gasteiger partial charge on any atom is -0.383 e. The van der Waals surface area contributed by atoms with Gasteiger partial charge in [0.2, 0.25) is 10.9 Å². The molecular formula is C21H20N6O2S. The first-order valence-electron chi connectivity index (χ1n) is 9.84. The molecule has 1 amide bonds. The van der Waals surface area contributed by atoms with Gasteiger partial charge in [-0.3, -0.25) is 14.6 Å². The second kappa shape index (κ2) is 7.17. The zero-order valence-electron chi connectivity index (χ0n) is 16.5. The van der Waals surface area contributed by atoms with Crippen LogP contribution in [0.2, 0.25) is 0 Å². The average molecular weight is 420 g/mol. The Bertz CT molecular complexity index is 1300. The van der Waals surface area contributed by atoms with Crippen molar-refractivity contribution in [1.29, 1.82) is 0 Å². The van der Waals surface area contributed by atoms with Crippen LogP contribution in [0.4, 0.5) is 11.5 Å². The van der Waals surface area contributed by atoms with Crippen LogP contribution in [0.5, 0.6) is 0 Å². The molecule has 2 N–H and O–H groups in total. The van der Waals surface area contributed by atoms with E-state index in [2.05, 4.69) is 15.1 Å². The van der Waals surface area contributed by atoms with Gasteiger partial charge in [0.15, 0.2) is 0 Å². The number of aromatic nitrogens is 3. The number of amides is 1. The summed E-state index contributed by atoms with van der Waals surface area (Å²) in [4.78, 5) is 36.1. The molecule has 0 radical (unpaired) electrons. The minimum absolute atomic E-state index is 0.0461. The lowest BCUT2D eigenvalue weighted by Gasteiger charge is -2.13. The van der Waals surface area contributed by atoms with Gasteiger partial charge in [-0.2, -0.15) is 14.6 Å². The third-order valence-corrected chi connectivity index (χ3v) is 6.36. The van der Waals surface area contributed by atoms with Crippen molar-refractivity contribution in [2.45, 2.75) is 26.2 Å². The van der Waals surface area contributed by atoms with Gasteiger partial charge in [0.25, 0.3) is 5.56 Å². The van der Waals surface area contributed by atoms with Crippen molar-refractivity contribution >= 4 is 51.1 Å². The first kappa shape index (κ1) is 18.7. The van der Waals surface area contributed by atoms with Gasteiger partial charge < -0.3 is 10.6 Å². The molecule has 2 aromatic heterocycles. The van der Waals surface area contributed by atoms with Crippen LogP contribution >= 0.6 is 11.3 Å². The van der Waals surface area contributed by atoms with E-state index in [0.717, 1.165) is 48.5 Å². The zero-order valence-corrected chi connectivity index (χ0v) is 17.3. The maximum atomic E-state index is 12.7. The average Bonchev–Trinajstić information content (AvgIpc) is 3.44. The number of rotatable bonds is 3. The molecule has 4 heterocycles. The highest BCUT2D eigenvalue weighted by molar-refractivity contribution is 7.16. The van der Waals surface area contributed by atoms with Crippen molar-refractivity contribution in [1.82, 2.24) is 19.5 Å². The fourth-order valence-electron chi connectivity index (χ4n) is 3.90. The van der Waals surface area contributed by atoms with Gasteiger partial charge in [0, 0.05) is 29.9 Å². The molecule has 5 rings (SSSR count). The predicted octanol–water partition coefficient (Wildman–Crippen LogP) is 2.54. The Hall–Kier alpha value is -3.33. The number of carbonyl (C=O) groups is 1. The highest BCUT2D eigenvalue weighted by Crippen LogP contribution is 2.35. The highest BCUT2D eigenvalue weighted by atomic mass is 32.1. The number of allylic oxidation sites excluding steroid dienone is 1. The molecule has 0 bridgehead atoms. The Morgan fingerprint density at radius 2 is 2.03 bits per heavy atom. The molecule has 1 saturated heterocycles. The van der Waals surface area contributed by atoms with Crippen LogP contribution in [-0.2, 0) is 11.2 Å². The molecule has 0 aliphatic carbocycles. The number of fused-ring (bicyclic) bond motifs is 2. The van der Waals surface area contributed by atoms with E-state index < -0.39 is 5.56 Å². The van der Waals surface area contributed by atoms with Crippen molar-refractivity contribution in [3.63, 3.8) is 0 Å². The Labute approximate surface area is 176 Å². The molecule has 8 nitrogen and oxygen atoms in total. The molecule has 9 heteroatoms. The Morgan fingerprint density at radius 1 is 1.27 bits per heavy atom. The summed E-state index contributed by atoms with van der Waals surface area (Å²) >= 11 is 1.22. The summed E-state index contributed by atoms with van der Waals surface area (Å²) in [6.45, 7) is 3.49. The van der Waals surface area contributed by atoms with E-state index >= 15 is 0 Å². The van der Waals surface area contributed by atoms with Crippen molar-refractivity contribution < 1.29 is 4.79 Å². The van der Waals surface area contributed by atoms with Gasteiger partial charge in [0.05, 0.1) is 17.7 Å². The fraction of sp³-hybridized carbons (Fsp3) is 0.286. The number of aliphatic imine (C=N–C) groups is 1. The van der Waals surface area contributed by atoms with Crippen LogP contribution in [0.1, 0.15) is 35.9 Å². The lowest BCUT2D eigenvalue weighted by atomic mass is 10.0. The molecule has 1 aromatic carbocycles. The first-order chi connectivity index (χ1) is 14.5. The van der Waals surface area contributed by atoms with Crippen LogP contribution in [0.3, 0.4) is 0 Å². The van der Waals surface area contributed by atoms with Crippen molar-refractivity contribution in [3.8, 4) is 0 Å². The lowest BCUT2D eigenvalue weighted by molar-refractivity contribution is -0.129. The van der Waals surface area contributed by atoms with Crippen molar-refractivity contribution in [2.75, 3.05) is 18.8 Å². The summed E-state index contributed by atoms with van der Waals surface area (Å²) in [6, 6.07) is 7.76.